The molecule has 0 amide bonds. The molecule has 0 saturated carbocycles. The van der Waals surface area contributed by atoms with E-state index in [1.807, 2.05) is 26.2 Å². The molecule has 3 heteroatoms. The highest BCUT2D eigenvalue weighted by Crippen LogP contribution is 2.34. The van der Waals surface area contributed by atoms with Crippen LogP contribution in [0, 0.1) is 0 Å². The third-order valence-electron chi connectivity index (χ3n) is 2.97. The van der Waals surface area contributed by atoms with Gasteiger partial charge in [0.25, 0.3) is 0 Å². The van der Waals surface area contributed by atoms with Gasteiger partial charge in [0.05, 0.1) is 0 Å². The topological polar surface area (TPSA) is 24.9 Å². The van der Waals surface area contributed by atoms with Crippen molar-refractivity contribution in [3.8, 4) is 11.1 Å². The van der Waals surface area contributed by atoms with E-state index < -0.39 is 0 Å². The van der Waals surface area contributed by atoms with Crippen LogP contribution in [-0.4, -0.2) is 12.0 Å². The monoisotopic (exact) mass is 270 g/mol. The fourth-order valence-electron chi connectivity index (χ4n) is 2.03. The molecule has 2 aromatic heterocycles. The van der Waals surface area contributed by atoms with Gasteiger partial charge < -0.3 is 5.32 Å². The molecule has 98 valence electrons. The maximum Gasteiger partial charge on any atom is 0.133 e. The molecular formula is C16H18N2S. The van der Waals surface area contributed by atoms with Crippen molar-refractivity contribution >= 4 is 22.7 Å². The highest BCUT2D eigenvalue weighted by molar-refractivity contribution is 7.08. The van der Waals surface area contributed by atoms with E-state index in [4.69, 9.17) is 0 Å². The minimum Gasteiger partial charge on any atom is -0.373 e. The molecule has 0 aliphatic heterocycles. The van der Waals surface area contributed by atoms with Crippen LogP contribution < -0.4 is 5.32 Å². The van der Waals surface area contributed by atoms with Crippen LogP contribution in [0.25, 0.3) is 16.7 Å². The van der Waals surface area contributed by atoms with Crippen molar-refractivity contribution in [1.29, 1.82) is 0 Å². The Hall–Kier alpha value is -1.87. The van der Waals surface area contributed by atoms with Gasteiger partial charge in [-0.3, -0.25) is 0 Å². The quantitative estimate of drug-likeness (QED) is 0.787. The van der Waals surface area contributed by atoms with Crippen LogP contribution in [0.15, 0.2) is 47.8 Å². The van der Waals surface area contributed by atoms with Gasteiger partial charge in [-0.15, -0.1) is 0 Å². The summed E-state index contributed by atoms with van der Waals surface area (Å²) in [6.45, 7) is 6.24. The number of pyridine rings is 1. The molecule has 2 aromatic rings. The van der Waals surface area contributed by atoms with E-state index in [0.29, 0.717) is 0 Å². The zero-order valence-electron chi connectivity index (χ0n) is 11.3. The van der Waals surface area contributed by atoms with Crippen LogP contribution in [-0.2, 0) is 0 Å². The summed E-state index contributed by atoms with van der Waals surface area (Å²) in [7, 11) is 1.90. The van der Waals surface area contributed by atoms with Gasteiger partial charge in [0.1, 0.15) is 5.82 Å². The van der Waals surface area contributed by atoms with E-state index in [-0.39, 0.29) is 0 Å². The molecule has 0 aromatic carbocycles. The summed E-state index contributed by atoms with van der Waals surface area (Å²) < 4.78 is 0. The summed E-state index contributed by atoms with van der Waals surface area (Å²) in [5, 5.41) is 7.41. The van der Waals surface area contributed by atoms with E-state index in [9.17, 15) is 0 Å². The summed E-state index contributed by atoms with van der Waals surface area (Å²) in [5.74, 6) is 0.887. The maximum atomic E-state index is 4.40. The molecule has 0 atom stereocenters. The molecule has 0 unspecified atom stereocenters. The average molecular weight is 270 g/mol. The molecule has 0 aliphatic rings. The lowest BCUT2D eigenvalue weighted by Gasteiger charge is -2.14. The van der Waals surface area contributed by atoms with Crippen molar-refractivity contribution in [3.05, 3.63) is 53.4 Å². The van der Waals surface area contributed by atoms with Crippen LogP contribution in [0.4, 0.5) is 5.82 Å². The second-order valence-electron chi connectivity index (χ2n) is 4.22. The Morgan fingerprint density at radius 3 is 2.95 bits per heavy atom. The lowest BCUT2D eigenvalue weighted by atomic mass is 9.96. The van der Waals surface area contributed by atoms with Crippen molar-refractivity contribution < 1.29 is 0 Å². The van der Waals surface area contributed by atoms with E-state index in [1.54, 1.807) is 11.3 Å². The van der Waals surface area contributed by atoms with Gasteiger partial charge in [-0.2, -0.15) is 11.3 Å². The largest absolute Gasteiger partial charge is 0.373 e. The van der Waals surface area contributed by atoms with E-state index >= 15 is 0 Å². The molecule has 0 aliphatic carbocycles. The van der Waals surface area contributed by atoms with Gasteiger partial charge in [-0.1, -0.05) is 18.7 Å². The predicted molar refractivity (Wildman–Crippen MR) is 85.6 cm³/mol. The Bertz CT molecular complexity index is 583. The van der Waals surface area contributed by atoms with Gasteiger partial charge in [0, 0.05) is 18.8 Å². The molecule has 0 radical (unpaired) electrons. The number of hydrogen-bond donors (Lipinski definition) is 1. The predicted octanol–water partition coefficient (Wildman–Crippen LogP) is 4.83. The van der Waals surface area contributed by atoms with Crippen LogP contribution in [0.2, 0.25) is 0 Å². The van der Waals surface area contributed by atoms with Crippen LogP contribution in [0.5, 0.6) is 0 Å². The van der Waals surface area contributed by atoms with Crippen molar-refractivity contribution in [2.75, 3.05) is 12.4 Å². The lowest BCUT2D eigenvalue weighted by Crippen LogP contribution is -1.99. The lowest BCUT2D eigenvalue weighted by molar-refractivity contribution is 1.25. The number of thiophene rings is 1. The standard InChI is InChI=1S/C16H18N2S/c1-4-5-6-12(2)15-14(13-8-10-19-11-13)7-9-18-16(15)17-3/h4-5,7-11H,2,6H2,1,3H3,(H,17,18)/b5-4-. The molecule has 0 fully saturated rings. The third-order valence-corrected chi connectivity index (χ3v) is 3.66. The summed E-state index contributed by atoms with van der Waals surface area (Å²) in [6.07, 6.45) is 6.84. The first-order chi connectivity index (χ1) is 9.27. The van der Waals surface area contributed by atoms with Crippen molar-refractivity contribution in [3.63, 3.8) is 0 Å². The van der Waals surface area contributed by atoms with E-state index in [0.717, 1.165) is 23.4 Å². The number of aromatic nitrogens is 1. The van der Waals surface area contributed by atoms with Crippen LogP contribution in [0.1, 0.15) is 18.9 Å². The molecule has 2 nitrogen and oxygen atoms in total. The second kappa shape index (κ2) is 6.34. The Kier molecular flexibility index (Phi) is 4.53. The minimum atomic E-state index is 0.841. The fourth-order valence-corrected chi connectivity index (χ4v) is 2.69. The molecular weight excluding hydrogens is 252 g/mol. The molecule has 2 rings (SSSR count). The first-order valence-electron chi connectivity index (χ1n) is 6.26. The molecule has 1 N–H and O–H groups in total. The van der Waals surface area contributed by atoms with Crippen molar-refractivity contribution in [2.24, 2.45) is 0 Å². The number of rotatable bonds is 5. The summed E-state index contributed by atoms with van der Waals surface area (Å²) >= 11 is 1.70. The highest BCUT2D eigenvalue weighted by atomic mass is 32.1. The van der Waals surface area contributed by atoms with Crippen molar-refractivity contribution in [2.45, 2.75) is 13.3 Å². The number of hydrogen-bond acceptors (Lipinski definition) is 3. The number of anilines is 1. The Labute approximate surface area is 118 Å². The van der Waals surface area contributed by atoms with E-state index in [1.165, 1.54) is 11.1 Å². The summed E-state index contributed by atoms with van der Waals surface area (Å²) in [5.41, 5.74) is 4.61. The van der Waals surface area contributed by atoms with Crippen LogP contribution in [0.3, 0.4) is 0 Å². The number of nitrogens with zero attached hydrogens (tertiary/aromatic N) is 1. The summed E-state index contributed by atoms with van der Waals surface area (Å²) in [6, 6.07) is 4.19. The molecule has 0 saturated heterocycles. The first-order valence-corrected chi connectivity index (χ1v) is 7.20. The minimum absolute atomic E-state index is 0.841. The SMILES string of the molecule is C=C(C/C=C\C)c1c(-c2ccsc2)ccnc1NC. The third kappa shape index (κ3) is 2.93. The average Bonchev–Trinajstić information content (AvgIpc) is 2.97. The van der Waals surface area contributed by atoms with Crippen LogP contribution >= 0.6 is 11.3 Å². The van der Waals surface area contributed by atoms with Gasteiger partial charge >= 0.3 is 0 Å². The molecule has 0 spiro atoms. The highest BCUT2D eigenvalue weighted by Gasteiger charge is 2.13. The maximum absolute atomic E-state index is 4.40. The van der Waals surface area contributed by atoms with Gasteiger partial charge in [-0.25, -0.2) is 4.98 Å². The summed E-state index contributed by atoms with van der Waals surface area (Å²) in [4.78, 5) is 4.40. The Balaban J connectivity index is 2.52. The number of allylic oxidation sites excluding steroid dienone is 3. The van der Waals surface area contributed by atoms with Gasteiger partial charge in [0.2, 0.25) is 0 Å². The van der Waals surface area contributed by atoms with E-state index in [2.05, 4.69) is 45.8 Å². The second-order valence-corrected chi connectivity index (χ2v) is 5.00. The normalized spacial score (nSPS) is 10.8. The molecule has 19 heavy (non-hydrogen) atoms. The first kappa shape index (κ1) is 13.6. The zero-order valence-corrected chi connectivity index (χ0v) is 12.1. The fraction of sp³-hybridized carbons (Fsp3) is 0.188. The Morgan fingerprint density at radius 2 is 2.32 bits per heavy atom. The van der Waals surface area contributed by atoms with Gasteiger partial charge in [-0.05, 0) is 52.9 Å². The van der Waals surface area contributed by atoms with Gasteiger partial charge in [0.15, 0.2) is 0 Å². The zero-order chi connectivity index (χ0) is 13.7. The molecule has 2 heterocycles. The number of nitrogens with one attached hydrogen (secondary N) is 1. The van der Waals surface area contributed by atoms with Crippen molar-refractivity contribution in [1.82, 2.24) is 4.98 Å². The Morgan fingerprint density at radius 1 is 1.47 bits per heavy atom. The molecule has 0 bridgehead atoms. The smallest absolute Gasteiger partial charge is 0.133 e.